The highest BCUT2D eigenvalue weighted by molar-refractivity contribution is 7.15. The SMILES string of the molecule is CC(C)=C1[C@H]2CC[C@H]1[C@H](C(=O)Nc1nc3c(s1)C[C@@H](C)CC3)[C@H]2C(=O)O. The number of aryl methyl sites for hydroxylation is 1. The summed E-state index contributed by atoms with van der Waals surface area (Å²) < 4.78 is 0. The number of aromatic nitrogens is 1. The lowest BCUT2D eigenvalue weighted by atomic mass is 9.79. The smallest absolute Gasteiger partial charge is 0.307 e. The molecular formula is C20H26N2O3S. The highest BCUT2D eigenvalue weighted by Gasteiger charge is 2.57. The third kappa shape index (κ3) is 2.79. The molecule has 1 aromatic heterocycles. The molecule has 2 N–H and O–H groups in total. The van der Waals surface area contributed by atoms with Crippen LogP contribution in [-0.2, 0) is 22.4 Å². The molecule has 1 aromatic rings. The predicted molar refractivity (Wildman–Crippen MR) is 101 cm³/mol. The fourth-order valence-electron chi connectivity index (χ4n) is 5.39. The van der Waals surface area contributed by atoms with Crippen molar-refractivity contribution in [3.05, 3.63) is 21.7 Å². The van der Waals surface area contributed by atoms with E-state index < -0.39 is 17.8 Å². The Morgan fingerprint density at radius 1 is 1.15 bits per heavy atom. The van der Waals surface area contributed by atoms with Crippen LogP contribution in [0.4, 0.5) is 5.13 Å². The van der Waals surface area contributed by atoms with Gasteiger partial charge in [0.05, 0.1) is 17.5 Å². The van der Waals surface area contributed by atoms with Gasteiger partial charge in [-0.3, -0.25) is 9.59 Å². The first-order valence-corrected chi connectivity index (χ1v) is 10.4. The van der Waals surface area contributed by atoms with Crippen molar-refractivity contribution in [2.45, 2.75) is 52.9 Å². The monoisotopic (exact) mass is 374 g/mol. The molecule has 4 rings (SSSR count). The van der Waals surface area contributed by atoms with Gasteiger partial charge >= 0.3 is 5.97 Å². The number of allylic oxidation sites excluding steroid dienone is 2. The van der Waals surface area contributed by atoms with E-state index in [0.717, 1.165) is 37.8 Å². The second-order valence-corrected chi connectivity index (χ2v) is 9.45. The molecular weight excluding hydrogens is 348 g/mol. The van der Waals surface area contributed by atoms with Crippen molar-refractivity contribution in [1.29, 1.82) is 0 Å². The van der Waals surface area contributed by atoms with Gasteiger partial charge in [-0.25, -0.2) is 4.98 Å². The maximum Gasteiger partial charge on any atom is 0.307 e. The van der Waals surface area contributed by atoms with E-state index in [1.165, 1.54) is 16.0 Å². The Morgan fingerprint density at radius 3 is 2.50 bits per heavy atom. The van der Waals surface area contributed by atoms with E-state index in [9.17, 15) is 14.7 Å². The standard InChI is InChI=1S/C20H26N2O3S/c1-9(2)15-11-5-6-12(15)17(19(24)25)16(11)18(23)22-20-21-13-7-4-10(3)8-14(13)26-20/h10-12,16-17H,4-8H2,1-3H3,(H,24,25)(H,21,22,23)/t10-,11+,12+,16-,17-/m0/s1. The lowest BCUT2D eigenvalue weighted by Crippen LogP contribution is -2.37. The van der Waals surface area contributed by atoms with Crippen molar-refractivity contribution < 1.29 is 14.7 Å². The van der Waals surface area contributed by atoms with E-state index in [0.29, 0.717) is 11.0 Å². The number of anilines is 1. The molecule has 3 aliphatic carbocycles. The molecule has 2 fully saturated rings. The summed E-state index contributed by atoms with van der Waals surface area (Å²) in [7, 11) is 0. The maximum absolute atomic E-state index is 13.0. The van der Waals surface area contributed by atoms with Gasteiger partial charge < -0.3 is 10.4 Å². The van der Waals surface area contributed by atoms with Crippen LogP contribution in [0.2, 0.25) is 0 Å². The molecule has 0 radical (unpaired) electrons. The molecule has 5 nitrogen and oxygen atoms in total. The van der Waals surface area contributed by atoms with Crippen molar-refractivity contribution in [3.8, 4) is 0 Å². The predicted octanol–water partition coefficient (Wildman–Crippen LogP) is 3.90. The second-order valence-electron chi connectivity index (χ2n) is 8.36. The number of nitrogens with zero attached hydrogens (tertiary/aromatic N) is 1. The molecule has 0 saturated heterocycles. The number of carboxylic acid groups (broad SMARTS) is 1. The number of hydrogen-bond donors (Lipinski definition) is 2. The molecule has 0 spiro atoms. The lowest BCUT2D eigenvalue weighted by molar-refractivity contribution is -0.148. The van der Waals surface area contributed by atoms with E-state index >= 15 is 0 Å². The van der Waals surface area contributed by atoms with Gasteiger partial charge in [0.25, 0.3) is 0 Å². The Labute approximate surface area is 157 Å². The Bertz CT molecular complexity index is 793. The molecule has 3 aliphatic rings. The summed E-state index contributed by atoms with van der Waals surface area (Å²) in [4.78, 5) is 30.8. The van der Waals surface area contributed by atoms with Crippen molar-refractivity contribution >= 4 is 28.3 Å². The number of carbonyl (C=O) groups is 2. The average molecular weight is 375 g/mol. The van der Waals surface area contributed by atoms with Crippen LogP contribution in [0.25, 0.3) is 0 Å². The maximum atomic E-state index is 13.0. The van der Waals surface area contributed by atoms with Gasteiger partial charge in [-0.1, -0.05) is 18.1 Å². The summed E-state index contributed by atoms with van der Waals surface area (Å²) in [6.07, 6.45) is 4.93. The summed E-state index contributed by atoms with van der Waals surface area (Å²) in [5.41, 5.74) is 3.50. The van der Waals surface area contributed by atoms with Gasteiger partial charge in [-0.2, -0.15) is 0 Å². The van der Waals surface area contributed by atoms with Crippen LogP contribution in [0.3, 0.4) is 0 Å². The van der Waals surface area contributed by atoms with Gasteiger partial charge in [0.15, 0.2) is 5.13 Å². The first kappa shape index (κ1) is 17.7. The number of fused-ring (bicyclic) bond motifs is 3. The van der Waals surface area contributed by atoms with Crippen LogP contribution in [-0.4, -0.2) is 22.0 Å². The van der Waals surface area contributed by atoms with Gasteiger partial charge in [0, 0.05) is 4.88 Å². The summed E-state index contributed by atoms with van der Waals surface area (Å²) >= 11 is 1.56. The highest BCUT2D eigenvalue weighted by atomic mass is 32.1. The number of carboxylic acids is 1. The average Bonchev–Trinajstić information content (AvgIpc) is 3.23. The van der Waals surface area contributed by atoms with Crippen LogP contribution in [0.15, 0.2) is 11.1 Å². The fourth-order valence-corrected chi connectivity index (χ4v) is 6.56. The normalized spacial score (nSPS) is 32.4. The first-order chi connectivity index (χ1) is 12.4. The van der Waals surface area contributed by atoms with Gasteiger partial charge in [-0.05, 0) is 63.7 Å². The van der Waals surface area contributed by atoms with Gasteiger partial charge in [0.2, 0.25) is 5.91 Å². The van der Waals surface area contributed by atoms with E-state index in [1.54, 1.807) is 11.3 Å². The third-order valence-corrected chi connectivity index (χ3v) is 7.46. The quantitative estimate of drug-likeness (QED) is 0.787. The van der Waals surface area contributed by atoms with Crippen molar-refractivity contribution in [1.82, 2.24) is 4.98 Å². The number of rotatable bonds is 3. The molecule has 0 aromatic carbocycles. The molecule has 1 heterocycles. The Kier molecular flexibility index (Phi) is 4.41. The third-order valence-electron chi connectivity index (χ3n) is 6.42. The van der Waals surface area contributed by atoms with Crippen LogP contribution >= 0.6 is 11.3 Å². The topological polar surface area (TPSA) is 79.3 Å². The molecule has 5 atom stereocenters. The molecule has 0 unspecified atom stereocenters. The molecule has 0 aliphatic heterocycles. The number of hydrogen-bond acceptors (Lipinski definition) is 4. The Morgan fingerprint density at radius 2 is 1.85 bits per heavy atom. The van der Waals surface area contributed by atoms with Crippen LogP contribution in [0, 0.1) is 29.6 Å². The van der Waals surface area contributed by atoms with E-state index in [4.69, 9.17) is 0 Å². The van der Waals surface area contributed by atoms with E-state index in [2.05, 4.69) is 17.2 Å². The summed E-state index contributed by atoms with van der Waals surface area (Å²) in [6.45, 7) is 6.32. The van der Waals surface area contributed by atoms with E-state index in [-0.39, 0.29) is 17.7 Å². The fraction of sp³-hybridized carbons (Fsp3) is 0.650. The van der Waals surface area contributed by atoms with Gasteiger partial charge in [0.1, 0.15) is 0 Å². The van der Waals surface area contributed by atoms with Crippen molar-refractivity contribution in [2.24, 2.45) is 29.6 Å². The molecule has 2 bridgehead atoms. The Balaban J connectivity index is 1.58. The molecule has 6 heteroatoms. The number of nitrogens with one attached hydrogen (secondary N) is 1. The minimum Gasteiger partial charge on any atom is -0.481 e. The number of aliphatic carboxylic acids is 1. The van der Waals surface area contributed by atoms with Crippen LogP contribution in [0.1, 0.15) is 50.6 Å². The number of thiazole rings is 1. The van der Waals surface area contributed by atoms with Crippen LogP contribution in [0.5, 0.6) is 0 Å². The summed E-state index contributed by atoms with van der Waals surface area (Å²) in [5.74, 6) is -1.34. The van der Waals surface area contributed by atoms with Gasteiger partial charge in [-0.15, -0.1) is 11.3 Å². The van der Waals surface area contributed by atoms with Crippen LogP contribution < -0.4 is 5.32 Å². The molecule has 1 amide bonds. The molecule has 2 saturated carbocycles. The second kappa shape index (κ2) is 6.48. The zero-order valence-electron chi connectivity index (χ0n) is 15.5. The highest BCUT2D eigenvalue weighted by Crippen LogP contribution is 2.57. The molecule has 26 heavy (non-hydrogen) atoms. The number of amides is 1. The minimum absolute atomic E-state index is 0.0172. The Hall–Kier alpha value is -1.69. The minimum atomic E-state index is -0.844. The van der Waals surface area contributed by atoms with E-state index in [1.807, 2.05) is 13.8 Å². The lowest BCUT2D eigenvalue weighted by Gasteiger charge is -2.25. The summed E-state index contributed by atoms with van der Waals surface area (Å²) in [6, 6.07) is 0. The molecule has 140 valence electrons. The first-order valence-electron chi connectivity index (χ1n) is 9.56. The zero-order chi connectivity index (χ0) is 18.6. The summed E-state index contributed by atoms with van der Waals surface area (Å²) in [5, 5.41) is 13.4. The van der Waals surface area contributed by atoms with Crippen molar-refractivity contribution in [2.75, 3.05) is 5.32 Å². The largest absolute Gasteiger partial charge is 0.481 e. The van der Waals surface area contributed by atoms with Crippen molar-refractivity contribution in [3.63, 3.8) is 0 Å². The zero-order valence-corrected chi connectivity index (χ0v) is 16.4. The number of carbonyl (C=O) groups excluding carboxylic acids is 1.